The molecule has 0 atom stereocenters. The van der Waals surface area contributed by atoms with Gasteiger partial charge in [0.2, 0.25) is 0 Å². The van der Waals surface area contributed by atoms with Gasteiger partial charge in [-0.2, -0.15) is 8.42 Å². The van der Waals surface area contributed by atoms with Crippen molar-refractivity contribution in [1.82, 2.24) is 4.90 Å². The molecule has 1 saturated heterocycles. The van der Waals surface area contributed by atoms with Gasteiger partial charge in [0, 0.05) is 31.5 Å². The van der Waals surface area contributed by atoms with Crippen molar-refractivity contribution in [3.05, 3.63) is 65.7 Å². The number of hydrogen-bond donors (Lipinski definition) is 2. The second-order valence-electron chi connectivity index (χ2n) is 8.46. The molecule has 1 aliphatic heterocycles. The number of carboxylic acids is 1. The molecule has 0 saturated carbocycles. The first kappa shape index (κ1) is 27.3. The average Bonchev–Trinajstić information content (AvgIpc) is 2.82. The highest BCUT2D eigenvalue weighted by molar-refractivity contribution is 7.87. The zero-order valence-corrected chi connectivity index (χ0v) is 21.7. The summed E-state index contributed by atoms with van der Waals surface area (Å²) in [5.74, 6) is 0.895. The van der Waals surface area contributed by atoms with E-state index >= 15 is 0 Å². The van der Waals surface area contributed by atoms with Gasteiger partial charge in [0.1, 0.15) is 16.4 Å². The molecule has 4 rings (SSSR count). The van der Waals surface area contributed by atoms with Crippen LogP contribution in [0, 0.1) is 11.3 Å². The van der Waals surface area contributed by atoms with Crippen LogP contribution >= 0.6 is 11.6 Å². The van der Waals surface area contributed by atoms with Crippen molar-refractivity contribution in [2.75, 3.05) is 19.7 Å². The van der Waals surface area contributed by atoms with Crippen LogP contribution < -0.4 is 8.92 Å². The number of rotatable bonds is 6. The lowest BCUT2D eigenvalue weighted by Crippen LogP contribution is -2.38. The molecule has 1 aliphatic rings. The number of carbonyl (C=O) groups is 1. The third kappa shape index (κ3) is 7.35. The van der Waals surface area contributed by atoms with Crippen molar-refractivity contribution >= 4 is 44.3 Å². The van der Waals surface area contributed by atoms with Crippen LogP contribution in [-0.2, 0) is 14.9 Å². The fourth-order valence-corrected chi connectivity index (χ4v) is 5.29. The zero-order valence-electron chi connectivity index (χ0n) is 20.1. The van der Waals surface area contributed by atoms with Crippen LogP contribution in [0.2, 0.25) is 5.02 Å². The van der Waals surface area contributed by atoms with E-state index in [1.54, 1.807) is 24.3 Å². The second kappa shape index (κ2) is 12.1. The maximum atomic E-state index is 12.8. The van der Waals surface area contributed by atoms with Gasteiger partial charge in [0.15, 0.2) is 0 Å². The summed E-state index contributed by atoms with van der Waals surface area (Å²) in [6.45, 7) is 5.12. The molecule has 0 unspecified atom stereocenters. The lowest BCUT2D eigenvalue weighted by Gasteiger charge is -2.32. The number of halogens is 1. The molecule has 3 aromatic rings. The van der Waals surface area contributed by atoms with Crippen molar-refractivity contribution in [3.63, 3.8) is 0 Å². The van der Waals surface area contributed by atoms with Crippen molar-refractivity contribution in [2.24, 2.45) is 5.92 Å². The summed E-state index contributed by atoms with van der Waals surface area (Å²) in [5.41, 5.74) is 0. The number of nitrogens with zero attached hydrogens (tertiary/aromatic N) is 1. The normalized spacial score (nSPS) is 14.0. The Bertz CT molecular complexity index is 1330. The number of nitrogens with one attached hydrogen (secondary N) is 1. The molecule has 0 radical (unpaired) electrons. The number of hydrogen-bond acceptors (Lipinski definition) is 6. The van der Waals surface area contributed by atoms with Gasteiger partial charge in [-0.05, 0) is 49.3 Å². The standard InChI is InChI=1S/C24H25ClN2O4S.C2H4O2/c1-17(26)27-12-10-18(11-13-27)16-30-23-15-20(14-19-6-2-3-7-21(19)23)31-32(28,29)24-9-5-4-8-22(24)25;1-2(3)4/h2-9,14-15,18,26H,10-13,16H2,1H3;1H3,(H,3,4). The topological polar surface area (TPSA) is 117 Å². The molecule has 3 aromatic carbocycles. The largest absolute Gasteiger partial charge is 0.493 e. The number of benzene rings is 3. The third-order valence-electron chi connectivity index (χ3n) is 5.67. The Morgan fingerprint density at radius 2 is 1.69 bits per heavy atom. The highest BCUT2D eigenvalue weighted by Gasteiger charge is 2.22. The molecular formula is C26H29ClN2O6S. The first-order valence-corrected chi connectivity index (χ1v) is 13.2. The summed E-state index contributed by atoms with van der Waals surface area (Å²) in [6, 6.07) is 17.1. The van der Waals surface area contributed by atoms with Crippen LogP contribution in [0.5, 0.6) is 11.5 Å². The number of aliphatic carboxylic acids is 1. The monoisotopic (exact) mass is 532 g/mol. The Labute approximate surface area is 216 Å². The molecule has 36 heavy (non-hydrogen) atoms. The van der Waals surface area contributed by atoms with E-state index in [0.29, 0.717) is 24.1 Å². The van der Waals surface area contributed by atoms with Gasteiger partial charge in [0.25, 0.3) is 5.97 Å². The molecule has 0 aromatic heterocycles. The fraction of sp³-hybridized carbons (Fsp3) is 0.308. The quantitative estimate of drug-likeness (QED) is 0.246. The molecule has 0 spiro atoms. The summed E-state index contributed by atoms with van der Waals surface area (Å²) in [7, 11) is -4.09. The van der Waals surface area contributed by atoms with Gasteiger partial charge >= 0.3 is 10.1 Å². The lowest BCUT2D eigenvalue weighted by molar-refractivity contribution is -0.134. The molecule has 0 aliphatic carbocycles. The molecule has 0 amide bonds. The van der Waals surface area contributed by atoms with E-state index in [1.165, 1.54) is 12.1 Å². The van der Waals surface area contributed by atoms with Gasteiger partial charge in [-0.1, -0.05) is 48.0 Å². The smallest absolute Gasteiger partial charge is 0.340 e. The third-order valence-corrected chi connectivity index (χ3v) is 7.42. The fourth-order valence-electron chi connectivity index (χ4n) is 3.88. The molecule has 8 nitrogen and oxygen atoms in total. The predicted molar refractivity (Wildman–Crippen MR) is 140 cm³/mol. The molecular weight excluding hydrogens is 504 g/mol. The Morgan fingerprint density at radius 1 is 1.08 bits per heavy atom. The van der Waals surface area contributed by atoms with Crippen LogP contribution in [0.4, 0.5) is 0 Å². The number of ether oxygens (including phenoxy) is 1. The SMILES string of the molecule is CC(=N)N1CCC(COc2cc(OS(=O)(=O)c3ccccc3Cl)cc3ccccc23)CC1.CC(=O)O. The van der Waals surface area contributed by atoms with Crippen LogP contribution in [0.3, 0.4) is 0 Å². The minimum Gasteiger partial charge on any atom is -0.493 e. The van der Waals surface area contributed by atoms with E-state index in [9.17, 15) is 8.42 Å². The number of amidine groups is 1. The van der Waals surface area contributed by atoms with Crippen LogP contribution in [0.15, 0.2) is 65.6 Å². The summed E-state index contributed by atoms with van der Waals surface area (Å²) in [6.07, 6.45) is 1.90. The van der Waals surface area contributed by atoms with E-state index in [4.69, 9.17) is 35.8 Å². The minimum absolute atomic E-state index is 0.0782. The van der Waals surface area contributed by atoms with Gasteiger partial charge in [-0.25, -0.2) is 0 Å². The van der Waals surface area contributed by atoms with Crippen LogP contribution in [0.1, 0.15) is 26.7 Å². The Hall–Kier alpha value is -3.30. The van der Waals surface area contributed by atoms with Crippen molar-refractivity contribution in [3.8, 4) is 11.5 Å². The highest BCUT2D eigenvalue weighted by atomic mass is 35.5. The first-order chi connectivity index (χ1) is 17.1. The Morgan fingerprint density at radius 3 is 2.33 bits per heavy atom. The number of fused-ring (bicyclic) bond motifs is 1. The lowest BCUT2D eigenvalue weighted by atomic mass is 9.97. The summed E-state index contributed by atoms with van der Waals surface area (Å²) in [4.78, 5) is 11.0. The van der Waals surface area contributed by atoms with Crippen LogP contribution in [0.25, 0.3) is 10.8 Å². The highest BCUT2D eigenvalue weighted by Crippen LogP contribution is 2.34. The number of piperidine rings is 1. The molecule has 1 fully saturated rings. The first-order valence-electron chi connectivity index (χ1n) is 11.4. The molecule has 10 heteroatoms. The molecule has 192 valence electrons. The summed E-state index contributed by atoms with van der Waals surface area (Å²) < 4.78 is 37.2. The predicted octanol–water partition coefficient (Wildman–Crippen LogP) is 5.44. The zero-order chi connectivity index (χ0) is 26.3. The van der Waals surface area contributed by atoms with Crippen LogP contribution in [-0.4, -0.2) is 49.9 Å². The molecule has 2 N–H and O–H groups in total. The van der Waals surface area contributed by atoms with Gasteiger partial charge in [-0.3, -0.25) is 10.2 Å². The van der Waals surface area contributed by atoms with E-state index in [1.807, 2.05) is 31.2 Å². The van der Waals surface area contributed by atoms with E-state index in [-0.39, 0.29) is 15.7 Å². The van der Waals surface area contributed by atoms with E-state index < -0.39 is 16.1 Å². The maximum Gasteiger partial charge on any atom is 0.340 e. The van der Waals surface area contributed by atoms with Gasteiger partial charge in [0.05, 0.1) is 17.5 Å². The minimum atomic E-state index is -4.09. The Balaban J connectivity index is 0.000000840. The van der Waals surface area contributed by atoms with E-state index in [0.717, 1.165) is 43.6 Å². The maximum absolute atomic E-state index is 12.8. The average molecular weight is 533 g/mol. The molecule has 1 heterocycles. The van der Waals surface area contributed by atoms with Gasteiger partial charge in [-0.15, -0.1) is 0 Å². The number of carboxylic acid groups (broad SMARTS) is 1. The van der Waals surface area contributed by atoms with Crippen molar-refractivity contribution in [1.29, 1.82) is 5.41 Å². The second-order valence-corrected chi connectivity index (χ2v) is 10.4. The van der Waals surface area contributed by atoms with Gasteiger partial charge < -0.3 is 18.9 Å². The molecule has 0 bridgehead atoms. The Kier molecular flexibility index (Phi) is 9.17. The van der Waals surface area contributed by atoms with Crippen molar-refractivity contribution in [2.45, 2.75) is 31.6 Å². The number of likely N-dealkylation sites (tertiary alicyclic amines) is 1. The van der Waals surface area contributed by atoms with E-state index in [2.05, 4.69) is 4.90 Å². The summed E-state index contributed by atoms with van der Waals surface area (Å²) >= 11 is 6.07. The summed E-state index contributed by atoms with van der Waals surface area (Å²) in [5, 5.41) is 17.0. The van der Waals surface area contributed by atoms with Crippen molar-refractivity contribution < 1.29 is 27.2 Å².